The van der Waals surface area contributed by atoms with Crippen molar-refractivity contribution in [3.63, 3.8) is 0 Å². The number of carbonyl (C=O) groups is 1. The van der Waals surface area contributed by atoms with Crippen LogP contribution in [0.5, 0.6) is 11.5 Å². The molecule has 0 aliphatic heterocycles. The van der Waals surface area contributed by atoms with Crippen LogP contribution in [0.15, 0.2) is 48.5 Å². The Bertz CT molecular complexity index is 597. The fraction of sp³-hybridized carbons (Fsp3) is 0.188. The van der Waals surface area contributed by atoms with Gasteiger partial charge in [-0.05, 0) is 42.5 Å². The molecule has 110 valence electrons. The molecule has 1 amide bonds. The first kappa shape index (κ1) is 14.7. The zero-order valence-electron chi connectivity index (χ0n) is 11.8. The van der Waals surface area contributed by atoms with Gasteiger partial charge < -0.3 is 20.5 Å². The third-order valence-corrected chi connectivity index (χ3v) is 2.87. The fourth-order valence-electron chi connectivity index (χ4n) is 1.76. The van der Waals surface area contributed by atoms with E-state index >= 15 is 0 Å². The van der Waals surface area contributed by atoms with Crippen LogP contribution in [0.2, 0.25) is 0 Å². The van der Waals surface area contributed by atoms with Gasteiger partial charge >= 0.3 is 0 Å². The minimum absolute atomic E-state index is 0.158. The number of methoxy groups -OCH3 is 1. The molecule has 0 bridgehead atoms. The highest BCUT2D eigenvalue weighted by atomic mass is 16.5. The SMILES string of the molecule is COc1cccc(C(=O)NCCOc2ccc(N)cc2)c1. The summed E-state index contributed by atoms with van der Waals surface area (Å²) in [5, 5.41) is 2.79. The van der Waals surface area contributed by atoms with Crippen LogP contribution < -0.4 is 20.5 Å². The number of rotatable bonds is 6. The molecular formula is C16H18N2O3. The van der Waals surface area contributed by atoms with Gasteiger partial charge in [-0.3, -0.25) is 4.79 Å². The number of anilines is 1. The summed E-state index contributed by atoms with van der Waals surface area (Å²) < 4.78 is 10.6. The van der Waals surface area contributed by atoms with Crippen LogP contribution in [0.1, 0.15) is 10.4 Å². The summed E-state index contributed by atoms with van der Waals surface area (Å²) in [7, 11) is 1.57. The number of nitrogens with one attached hydrogen (secondary N) is 1. The Morgan fingerprint density at radius 1 is 1.14 bits per heavy atom. The first-order valence-electron chi connectivity index (χ1n) is 6.59. The minimum atomic E-state index is -0.158. The van der Waals surface area contributed by atoms with Crippen molar-refractivity contribution in [3.05, 3.63) is 54.1 Å². The summed E-state index contributed by atoms with van der Waals surface area (Å²) in [4.78, 5) is 11.9. The zero-order chi connectivity index (χ0) is 15.1. The van der Waals surface area contributed by atoms with E-state index in [4.69, 9.17) is 15.2 Å². The van der Waals surface area contributed by atoms with E-state index in [9.17, 15) is 4.79 Å². The molecule has 0 saturated heterocycles. The molecule has 0 aliphatic carbocycles. The number of ether oxygens (including phenoxy) is 2. The van der Waals surface area contributed by atoms with Crippen LogP contribution >= 0.6 is 0 Å². The first-order valence-corrected chi connectivity index (χ1v) is 6.59. The Morgan fingerprint density at radius 3 is 2.62 bits per heavy atom. The highest BCUT2D eigenvalue weighted by Gasteiger charge is 2.05. The molecule has 5 nitrogen and oxygen atoms in total. The van der Waals surface area contributed by atoms with Crippen LogP contribution in [0.3, 0.4) is 0 Å². The highest BCUT2D eigenvalue weighted by Crippen LogP contribution is 2.13. The van der Waals surface area contributed by atoms with Crippen LogP contribution in [-0.4, -0.2) is 26.2 Å². The van der Waals surface area contributed by atoms with Crippen molar-refractivity contribution in [2.45, 2.75) is 0 Å². The third kappa shape index (κ3) is 4.42. The molecule has 2 aromatic carbocycles. The number of nitrogens with two attached hydrogens (primary N) is 1. The van der Waals surface area contributed by atoms with E-state index < -0.39 is 0 Å². The third-order valence-electron chi connectivity index (χ3n) is 2.87. The molecule has 21 heavy (non-hydrogen) atoms. The molecule has 0 fully saturated rings. The zero-order valence-corrected chi connectivity index (χ0v) is 11.8. The maximum Gasteiger partial charge on any atom is 0.251 e. The Labute approximate surface area is 123 Å². The maximum atomic E-state index is 11.9. The number of hydrogen-bond donors (Lipinski definition) is 2. The van der Waals surface area contributed by atoms with Gasteiger partial charge in [0.25, 0.3) is 5.91 Å². The lowest BCUT2D eigenvalue weighted by atomic mass is 10.2. The lowest BCUT2D eigenvalue weighted by Crippen LogP contribution is -2.28. The number of benzene rings is 2. The summed E-state index contributed by atoms with van der Waals surface area (Å²) in [5.74, 6) is 1.22. The van der Waals surface area contributed by atoms with Gasteiger partial charge in [0, 0.05) is 11.3 Å². The normalized spacial score (nSPS) is 9.95. The van der Waals surface area contributed by atoms with Crippen molar-refractivity contribution in [1.29, 1.82) is 0 Å². The number of carbonyl (C=O) groups excluding carboxylic acids is 1. The van der Waals surface area contributed by atoms with E-state index in [0.29, 0.717) is 30.2 Å². The van der Waals surface area contributed by atoms with Gasteiger partial charge in [0.2, 0.25) is 0 Å². The molecule has 2 rings (SSSR count). The minimum Gasteiger partial charge on any atom is -0.497 e. The molecule has 0 aliphatic rings. The smallest absolute Gasteiger partial charge is 0.251 e. The molecule has 5 heteroatoms. The van der Waals surface area contributed by atoms with E-state index in [0.717, 1.165) is 5.75 Å². The Kier molecular flexibility index (Phi) is 5.04. The van der Waals surface area contributed by atoms with Crippen LogP contribution in [0.4, 0.5) is 5.69 Å². The van der Waals surface area contributed by atoms with Crippen LogP contribution in [-0.2, 0) is 0 Å². The van der Waals surface area contributed by atoms with Crippen molar-refractivity contribution in [2.75, 3.05) is 26.0 Å². The first-order chi connectivity index (χ1) is 10.2. The van der Waals surface area contributed by atoms with Gasteiger partial charge in [-0.1, -0.05) is 6.07 Å². The summed E-state index contributed by atoms with van der Waals surface area (Å²) in [6.45, 7) is 0.806. The molecule has 0 radical (unpaired) electrons. The standard InChI is InChI=1S/C16H18N2O3/c1-20-15-4-2-3-12(11-15)16(19)18-9-10-21-14-7-5-13(17)6-8-14/h2-8,11H,9-10,17H2,1H3,(H,18,19). The van der Waals surface area contributed by atoms with Crippen molar-refractivity contribution in [2.24, 2.45) is 0 Å². The van der Waals surface area contributed by atoms with E-state index in [-0.39, 0.29) is 5.91 Å². The predicted octanol–water partition coefficient (Wildman–Crippen LogP) is 2.09. The van der Waals surface area contributed by atoms with E-state index in [1.54, 1.807) is 55.6 Å². The molecule has 3 N–H and O–H groups in total. The highest BCUT2D eigenvalue weighted by molar-refractivity contribution is 5.94. The van der Waals surface area contributed by atoms with Crippen LogP contribution in [0.25, 0.3) is 0 Å². The average molecular weight is 286 g/mol. The summed E-state index contributed by atoms with van der Waals surface area (Å²) >= 11 is 0. The quantitative estimate of drug-likeness (QED) is 0.630. The Balaban J connectivity index is 1.77. The second kappa shape index (κ2) is 7.19. The largest absolute Gasteiger partial charge is 0.497 e. The molecule has 0 unspecified atom stereocenters. The average Bonchev–Trinajstić information content (AvgIpc) is 2.53. The Hall–Kier alpha value is -2.69. The summed E-state index contributed by atoms with van der Waals surface area (Å²) in [6.07, 6.45) is 0. The maximum absolute atomic E-state index is 11.9. The van der Waals surface area contributed by atoms with E-state index in [2.05, 4.69) is 5.32 Å². The van der Waals surface area contributed by atoms with Crippen molar-refractivity contribution in [3.8, 4) is 11.5 Å². The molecule has 0 saturated carbocycles. The second-order valence-electron chi connectivity index (χ2n) is 4.41. The fourth-order valence-corrected chi connectivity index (χ4v) is 1.76. The van der Waals surface area contributed by atoms with Crippen molar-refractivity contribution >= 4 is 11.6 Å². The topological polar surface area (TPSA) is 73.6 Å². The number of hydrogen-bond acceptors (Lipinski definition) is 4. The number of nitrogen functional groups attached to an aromatic ring is 1. The van der Waals surface area contributed by atoms with Crippen molar-refractivity contribution < 1.29 is 14.3 Å². The number of amides is 1. The van der Waals surface area contributed by atoms with E-state index in [1.165, 1.54) is 0 Å². The lowest BCUT2D eigenvalue weighted by molar-refractivity contribution is 0.0946. The summed E-state index contributed by atoms with van der Waals surface area (Å²) in [6, 6.07) is 14.1. The van der Waals surface area contributed by atoms with Gasteiger partial charge in [0.05, 0.1) is 13.7 Å². The van der Waals surface area contributed by atoms with Gasteiger partial charge in [-0.25, -0.2) is 0 Å². The molecule has 0 spiro atoms. The van der Waals surface area contributed by atoms with Crippen molar-refractivity contribution in [1.82, 2.24) is 5.32 Å². The van der Waals surface area contributed by atoms with E-state index in [1.807, 2.05) is 0 Å². The molecule has 0 aromatic heterocycles. The molecule has 0 atom stereocenters. The molecular weight excluding hydrogens is 268 g/mol. The summed E-state index contributed by atoms with van der Waals surface area (Å²) in [5.41, 5.74) is 6.83. The lowest BCUT2D eigenvalue weighted by Gasteiger charge is -2.08. The predicted molar refractivity (Wildman–Crippen MR) is 81.7 cm³/mol. The second-order valence-corrected chi connectivity index (χ2v) is 4.41. The molecule has 2 aromatic rings. The monoisotopic (exact) mass is 286 g/mol. The van der Waals surface area contributed by atoms with Gasteiger partial charge in [0.15, 0.2) is 0 Å². The molecule has 0 heterocycles. The van der Waals surface area contributed by atoms with Gasteiger partial charge in [-0.15, -0.1) is 0 Å². The van der Waals surface area contributed by atoms with Gasteiger partial charge in [-0.2, -0.15) is 0 Å². The Morgan fingerprint density at radius 2 is 1.90 bits per heavy atom. The van der Waals surface area contributed by atoms with Gasteiger partial charge in [0.1, 0.15) is 18.1 Å². The van der Waals surface area contributed by atoms with Crippen LogP contribution in [0, 0.1) is 0 Å².